The molecule has 0 fully saturated rings. The minimum absolute atomic E-state index is 0.0293. The Balaban J connectivity index is 2.13. The number of hydrogen-bond donors (Lipinski definition) is 2. The average molecular weight is 462 g/mol. The van der Waals surface area contributed by atoms with Crippen molar-refractivity contribution in [2.24, 2.45) is 5.73 Å². The maximum Gasteiger partial charge on any atom is 0.348 e. The Labute approximate surface area is 187 Å². The summed E-state index contributed by atoms with van der Waals surface area (Å²) in [5.74, 6) is -3.51. The Morgan fingerprint density at radius 2 is 1.44 bits per heavy atom. The summed E-state index contributed by atoms with van der Waals surface area (Å²) in [4.78, 5) is 60.2. The molecular weight excluding hydrogens is 440 g/mol. The van der Waals surface area contributed by atoms with Crippen molar-refractivity contribution in [3.8, 4) is 0 Å². The van der Waals surface area contributed by atoms with E-state index in [0.29, 0.717) is 5.56 Å². The number of anilines is 1. The second kappa shape index (κ2) is 11.0. The zero-order chi connectivity index (χ0) is 23.8. The molecule has 0 radical (unpaired) electrons. The fraction of sp³-hybridized carbons (Fsp3) is 0.286. The maximum atomic E-state index is 12.4. The number of carbonyl (C=O) groups is 5. The summed E-state index contributed by atoms with van der Waals surface area (Å²) in [6, 6.07) is 5.40. The second-order valence-corrected chi connectivity index (χ2v) is 7.29. The monoisotopic (exact) mass is 462 g/mol. The molecule has 0 bridgehead atoms. The summed E-state index contributed by atoms with van der Waals surface area (Å²) < 4.78 is 15.0. The SMILES string of the molecule is CCOC(=O)c1sc(NC(=O)COC(=O)c2ccc(C(N)=O)cc2)c(C(=O)OCC)c1C. The molecule has 0 saturated heterocycles. The third kappa shape index (κ3) is 5.91. The van der Waals surface area contributed by atoms with Crippen LogP contribution in [0.5, 0.6) is 0 Å². The van der Waals surface area contributed by atoms with Crippen molar-refractivity contribution in [2.45, 2.75) is 20.8 Å². The standard InChI is InChI=1S/C21H22N2O8S/c1-4-29-20(27)15-11(3)16(21(28)30-5-2)32-18(15)23-14(24)10-31-19(26)13-8-6-12(7-9-13)17(22)25/h6-9H,4-5,10H2,1-3H3,(H2,22,25)(H,23,24). The summed E-state index contributed by atoms with van der Waals surface area (Å²) in [5.41, 5.74) is 5.82. The van der Waals surface area contributed by atoms with Gasteiger partial charge in [-0.25, -0.2) is 14.4 Å². The van der Waals surface area contributed by atoms with Gasteiger partial charge in [0.2, 0.25) is 5.91 Å². The molecule has 1 aromatic heterocycles. The number of benzene rings is 1. The van der Waals surface area contributed by atoms with Crippen LogP contribution in [0.15, 0.2) is 24.3 Å². The summed E-state index contributed by atoms with van der Waals surface area (Å²) in [7, 11) is 0. The van der Waals surface area contributed by atoms with Crippen LogP contribution in [0, 0.1) is 6.92 Å². The first-order chi connectivity index (χ1) is 15.2. The molecule has 0 unspecified atom stereocenters. The van der Waals surface area contributed by atoms with Gasteiger partial charge in [0, 0.05) is 5.56 Å². The normalized spacial score (nSPS) is 10.2. The summed E-state index contributed by atoms with van der Waals surface area (Å²) >= 11 is 0.860. The topological polar surface area (TPSA) is 151 Å². The van der Waals surface area contributed by atoms with Gasteiger partial charge in [-0.1, -0.05) is 0 Å². The molecule has 0 saturated carbocycles. The lowest BCUT2D eigenvalue weighted by Gasteiger charge is -2.08. The van der Waals surface area contributed by atoms with E-state index in [0.717, 1.165) is 11.3 Å². The van der Waals surface area contributed by atoms with Crippen LogP contribution in [0.1, 0.15) is 60.2 Å². The van der Waals surface area contributed by atoms with Crippen molar-refractivity contribution in [2.75, 3.05) is 25.1 Å². The number of ether oxygens (including phenoxy) is 3. The molecule has 11 heteroatoms. The number of rotatable bonds is 9. The van der Waals surface area contributed by atoms with E-state index in [1.807, 2.05) is 0 Å². The highest BCUT2D eigenvalue weighted by molar-refractivity contribution is 7.18. The van der Waals surface area contributed by atoms with E-state index in [-0.39, 0.29) is 39.8 Å². The van der Waals surface area contributed by atoms with Crippen LogP contribution in [0.4, 0.5) is 5.00 Å². The summed E-state index contributed by atoms with van der Waals surface area (Å²) in [6.07, 6.45) is 0. The molecule has 0 aliphatic carbocycles. The Hall–Kier alpha value is -3.73. The largest absolute Gasteiger partial charge is 0.462 e. The quantitative estimate of drug-likeness (QED) is 0.425. The van der Waals surface area contributed by atoms with Crippen LogP contribution in [0.3, 0.4) is 0 Å². The predicted octanol–water partition coefficient (Wildman–Crippen LogP) is 2.30. The molecule has 170 valence electrons. The van der Waals surface area contributed by atoms with Gasteiger partial charge in [0.05, 0.1) is 24.3 Å². The van der Waals surface area contributed by atoms with Gasteiger partial charge in [0.15, 0.2) is 6.61 Å². The third-order valence-electron chi connectivity index (χ3n) is 4.08. The molecule has 2 amide bonds. The molecule has 0 spiro atoms. The van der Waals surface area contributed by atoms with Crippen molar-refractivity contribution in [3.63, 3.8) is 0 Å². The molecule has 2 rings (SSSR count). The molecule has 1 aromatic carbocycles. The molecule has 0 aliphatic rings. The molecule has 1 heterocycles. The van der Waals surface area contributed by atoms with Gasteiger partial charge in [-0.3, -0.25) is 9.59 Å². The molecule has 3 N–H and O–H groups in total. The fourth-order valence-corrected chi connectivity index (χ4v) is 3.69. The van der Waals surface area contributed by atoms with Crippen molar-refractivity contribution in [1.82, 2.24) is 0 Å². The highest BCUT2D eigenvalue weighted by Gasteiger charge is 2.27. The van der Waals surface area contributed by atoms with E-state index in [9.17, 15) is 24.0 Å². The number of esters is 3. The number of thiophene rings is 1. The van der Waals surface area contributed by atoms with Crippen LogP contribution >= 0.6 is 11.3 Å². The van der Waals surface area contributed by atoms with E-state index in [1.165, 1.54) is 24.3 Å². The zero-order valence-electron chi connectivity index (χ0n) is 17.7. The van der Waals surface area contributed by atoms with Crippen LogP contribution < -0.4 is 11.1 Å². The lowest BCUT2D eigenvalue weighted by Crippen LogP contribution is -2.22. The summed E-state index contributed by atoms with van der Waals surface area (Å²) in [6.45, 7) is 4.40. The van der Waals surface area contributed by atoms with Gasteiger partial charge >= 0.3 is 17.9 Å². The minimum atomic E-state index is -0.795. The van der Waals surface area contributed by atoms with Gasteiger partial charge in [-0.05, 0) is 50.6 Å². The van der Waals surface area contributed by atoms with E-state index < -0.39 is 36.3 Å². The van der Waals surface area contributed by atoms with E-state index in [1.54, 1.807) is 20.8 Å². The van der Waals surface area contributed by atoms with Crippen molar-refractivity contribution in [3.05, 3.63) is 51.4 Å². The first kappa shape index (κ1) is 24.5. The van der Waals surface area contributed by atoms with Gasteiger partial charge in [-0.2, -0.15) is 0 Å². The molecule has 0 aliphatic heterocycles. The van der Waals surface area contributed by atoms with Crippen LogP contribution in [-0.4, -0.2) is 49.5 Å². The predicted molar refractivity (Wildman–Crippen MR) is 115 cm³/mol. The van der Waals surface area contributed by atoms with E-state index in [4.69, 9.17) is 19.9 Å². The lowest BCUT2D eigenvalue weighted by molar-refractivity contribution is -0.119. The maximum absolute atomic E-state index is 12.4. The Bertz CT molecular complexity index is 1040. The summed E-state index contributed by atoms with van der Waals surface area (Å²) in [5, 5.41) is 2.55. The number of primary amides is 1. The first-order valence-electron chi connectivity index (χ1n) is 9.54. The average Bonchev–Trinajstić information content (AvgIpc) is 3.08. The number of carbonyl (C=O) groups excluding carboxylic acids is 5. The Morgan fingerprint density at radius 3 is 2.00 bits per heavy atom. The highest BCUT2D eigenvalue weighted by atomic mass is 32.1. The minimum Gasteiger partial charge on any atom is -0.462 e. The van der Waals surface area contributed by atoms with Crippen LogP contribution in [-0.2, 0) is 19.0 Å². The van der Waals surface area contributed by atoms with Crippen molar-refractivity contribution < 1.29 is 38.2 Å². The smallest absolute Gasteiger partial charge is 0.348 e. The first-order valence-corrected chi connectivity index (χ1v) is 10.4. The third-order valence-corrected chi connectivity index (χ3v) is 5.27. The van der Waals surface area contributed by atoms with Gasteiger partial charge in [-0.15, -0.1) is 11.3 Å². The van der Waals surface area contributed by atoms with Crippen LogP contribution in [0.25, 0.3) is 0 Å². The lowest BCUT2D eigenvalue weighted by atomic mass is 10.1. The Morgan fingerprint density at radius 1 is 0.875 bits per heavy atom. The zero-order valence-corrected chi connectivity index (χ0v) is 18.5. The molecular formula is C21H22N2O8S. The van der Waals surface area contributed by atoms with E-state index >= 15 is 0 Å². The number of nitrogens with two attached hydrogens (primary N) is 1. The van der Waals surface area contributed by atoms with Gasteiger partial charge < -0.3 is 25.3 Å². The van der Waals surface area contributed by atoms with Crippen molar-refractivity contribution in [1.29, 1.82) is 0 Å². The number of amides is 2. The highest BCUT2D eigenvalue weighted by Crippen LogP contribution is 2.34. The number of nitrogens with one attached hydrogen (secondary N) is 1. The molecule has 32 heavy (non-hydrogen) atoms. The van der Waals surface area contributed by atoms with Crippen molar-refractivity contribution >= 4 is 46.1 Å². The van der Waals surface area contributed by atoms with E-state index in [2.05, 4.69) is 5.32 Å². The molecule has 10 nitrogen and oxygen atoms in total. The second-order valence-electron chi connectivity index (χ2n) is 6.27. The fourth-order valence-electron chi connectivity index (χ4n) is 2.59. The number of hydrogen-bond acceptors (Lipinski definition) is 9. The molecule has 0 atom stereocenters. The Kier molecular flexibility index (Phi) is 8.47. The van der Waals surface area contributed by atoms with Crippen LogP contribution in [0.2, 0.25) is 0 Å². The molecule has 2 aromatic rings. The van der Waals surface area contributed by atoms with Gasteiger partial charge in [0.25, 0.3) is 5.91 Å². The van der Waals surface area contributed by atoms with Gasteiger partial charge in [0.1, 0.15) is 9.88 Å².